The molecule has 2 N–H and O–H groups in total. The van der Waals surface area contributed by atoms with E-state index in [0.717, 1.165) is 22.8 Å². The molecule has 1 atom stereocenters. The molecule has 10 heteroatoms. The molecule has 0 aliphatic rings. The molecule has 34 heavy (non-hydrogen) atoms. The molecular formula is C24H21N5O4S. The lowest BCUT2D eigenvalue weighted by Gasteiger charge is -2.15. The van der Waals surface area contributed by atoms with E-state index >= 15 is 0 Å². The third-order valence-corrected chi connectivity index (χ3v) is 6.45. The topological polar surface area (TPSA) is 127 Å². The average Bonchev–Trinajstić information content (AvgIpc) is 2.85. The summed E-state index contributed by atoms with van der Waals surface area (Å²) in [6, 6.07) is 24.2. The number of benzene rings is 3. The maximum absolute atomic E-state index is 12.7. The van der Waals surface area contributed by atoms with Crippen molar-refractivity contribution in [3.8, 4) is 11.1 Å². The first-order chi connectivity index (χ1) is 16.3. The third kappa shape index (κ3) is 5.36. The van der Waals surface area contributed by atoms with Gasteiger partial charge < -0.3 is 5.32 Å². The molecule has 0 radical (unpaired) electrons. The maximum atomic E-state index is 12.7. The zero-order valence-electron chi connectivity index (χ0n) is 18.1. The Labute approximate surface area is 196 Å². The lowest BCUT2D eigenvalue weighted by atomic mass is 10.0. The van der Waals surface area contributed by atoms with Crippen LogP contribution in [0.2, 0.25) is 0 Å². The van der Waals surface area contributed by atoms with Crippen LogP contribution < -0.4 is 10.0 Å². The van der Waals surface area contributed by atoms with E-state index in [1.165, 1.54) is 30.5 Å². The largest absolute Gasteiger partial charge is 0.348 e. The summed E-state index contributed by atoms with van der Waals surface area (Å²) >= 11 is 0. The van der Waals surface area contributed by atoms with Crippen molar-refractivity contribution >= 4 is 27.5 Å². The van der Waals surface area contributed by atoms with Crippen LogP contribution in [0, 0.1) is 10.1 Å². The lowest BCUT2D eigenvalue weighted by molar-refractivity contribution is -0.385. The molecule has 0 spiro atoms. The summed E-state index contributed by atoms with van der Waals surface area (Å²) < 4.78 is 27.7. The number of aromatic nitrogens is 2. The molecule has 0 saturated carbocycles. The number of non-ortho nitro benzene ring substituents is 1. The van der Waals surface area contributed by atoms with Crippen molar-refractivity contribution in [3.05, 3.63) is 107 Å². The van der Waals surface area contributed by atoms with Crippen LogP contribution in [0.25, 0.3) is 11.1 Å². The Morgan fingerprint density at radius 2 is 1.62 bits per heavy atom. The van der Waals surface area contributed by atoms with Gasteiger partial charge in [0, 0.05) is 18.3 Å². The van der Waals surface area contributed by atoms with Crippen LogP contribution in [0.3, 0.4) is 0 Å². The summed E-state index contributed by atoms with van der Waals surface area (Å²) in [6.45, 7) is 1.95. The van der Waals surface area contributed by atoms with Crippen LogP contribution >= 0.6 is 0 Å². The first kappa shape index (κ1) is 22.9. The first-order valence-electron chi connectivity index (χ1n) is 10.3. The third-order valence-electron chi connectivity index (χ3n) is 5.10. The normalized spacial score (nSPS) is 12.0. The molecule has 4 rings (SSSR count). The molecular weight excluding hydrogens is 454 g/mol. The van der Waals surface area contributed by atoms with E-state index in [0.29, 0.717) is 0 Å². The number of hydrogen-bond acceptors (Lipinski definition) is 7. The van der Waals surface area contributed by atoms with Crippen molar-refractivity contribution in [1.82, 2.24) is 9.97 Å². The summed E-state index contributed by atoms with van der Waals surface area (Å²) in [6.07, 6.45) is 1.42. The Morgan fingerprint density at radius 3 is 2.32 bits per heavy atom. The number of rotatable bonds is 8. The molecule has 3 aromatic carbocycles. The highest BCUT2D eigenvalue weighted by Crippen LogP contribution is 2.24. The minimum Gasteiger partial charge on any atom is -0.348 e. The van der Waals surface area contributed by atoms with Crippen LogP contribution in [-0.4, -0.2) is 23.3 Å². The Morgan fingerprint density at radius 1 is 0.912 bits per heavy atom. The number of nitrogens with one attached hydrogen (secondary N) is 2. The summed E-state index contributed by atoms with van der Waals surface area (Å²) in [5.41, 5.74) is 2.91. The van der Waals surface area contributed by atoms with E-state index in [9.17, 15) is 18.5 Å². The van der Waals surface area contributed by atoms with E-state index in [1.54, 1.807) is 0 Å². The van der Waals surface area contributed by atoms with Crippen molar-refractivity contribution in [3.63, 3.8) is 0 Å². The van der Waals surface area contributed by atoms with Crippen molar-refractivity contribution in [2.75, 3.05) is 10.0 Å². The highest BCUT2D eigenvalue weighted by atomic mass is 32.2. The molecule has 0 aliphatic carbocycles. The van der Waals surface area contributed by atoms with Gasteiger partial charge in [0.1, 0.15) is 5.82 Å². The van der Waals surface area contributed by atoms with Gasteiger partial charge in [-0.1, -0.05) is 60.7 Å². The number of nitro benzene ring substituents is 1. The molecule has 0 saturated heterocycles. The number of nitrogens with zero attached hydrogens (tertiary/aromatic N) is 3. The van der Waals surface area contributed by atoms with Gasteiger partial charge in [0.25, 0.3) is 15.7 Å². The predicted molar refractivity (Wildman–Crippen MR) is 130 cm³/mol. The molecule has 0 aliphatic heterocycles. The van der Waals surface area contributed by atoms with Gasteiger partial charge in [-0.25, -0.2) is 13.4 Å². The summed E-state index contributed by atoms with van der Waals surface area (Å²) in [5, 5.41) is 14.1. The number of anilines is 2. The predicted octanol–water partition coefficient (Wildman–Crippen LogP) is 5.03. The van der Waals surface area contributed by atoms with Gasteiger partial charge >= 0.3 is 0 Å². The van der Waals surface area contributed by atoms with Gasteiger partial charge in [-0.3, -0.25) is 14.8 Å². The highest BCUT2D eigenvalue weighted by molar-refractivity contribution is 7.92. The van der Waals surface area contributed by atoms with Gasteiger partial charge in [0.2, 0.25) is 5.95 Å². The van der Waals surface area contributed by atoms with E-state index in [1.807, 2.05) is 61.5 Å². The van der Waals surface area contributed by atoms with Crippen LogP contribution in [0.4, 0.5) is 17.5 Å². The summed E-state index contributed by atoms with van der Waals surface area (Å²) in [4.78, 5) is 18.5. The fourth-order valence-electron chi connectivity index (χ4n) is 3.32. The van der Waals surface area contributed by atoms with E-state index in [2.05, 4.69) is 20.0 Å². The second-order valence-corrected chi connectivity index (χ2v) is 9.16. The quantitative estimate of drug-likeness (QED) is 0.270. The minimum absolute atomic E-state index is 0.0376. The van der Waals surface area contributed by atoms with Crippen molar-refractivity contribution in [1.29, 1.82) is 0 Å². The van der Waals surface area contributed by atoms with E-state index in [4.69, 9.17) is 0 Å². The van der Waals surface area contributed by atoms with E-state index < -0.39 is 14.9 Å². The van der Waals surface area contributed by atoms with Gasteiger partial charge in [0.05, 0.1) is 15.9 Å². The average molecular weight is 476 g/mol. The Kier molecular flexibility index (Phi) is 6.51. The van der Waals surface area contributed by atoms with E-state index in [-0.39, 0.29) is 28.4 Å². The zero-order chi connectivity index (χ0) is 24.1. The Bertz CT molecular complexity index is 1410. The van der Waals surface area contributed by atoms with Crippen molar-refractivity contribution in [2.45, 2.75) is 17.9 Å². The summed E-state index contributed by atoms with van der Waals surface area (Å²) in [7, 11) is -4.07. The standard InChI is InChI=1S/C24H21N5O4S/c1-17(18-10-12-20(13-11-18)19-6-3-2-4-7-19)26-24-25-15-14-23(27-24)28-34(32,33)22-9-5-8-21(16-22)29(30)31/h2-17H,1H3,(H2,25,26,27,28)/t17-/m0/s1. The highest BCUT2D eigenvalue weighted by Gasteiger charge is 2.19. The molecule has 0 bridgehead atoms. The number of sulfonamides is 1. The van der Waals surface area contributed by atoms with Crippen LogP contribution in [0.15, 0.2) is 96.0 Å². The Hall–Kier alpha value is -4.31. The minimum atomic E-state index is -4.07. The lowest BCUT2D eigenvalue weighted by Crippen LogP contribution is -2.15. The molecule has 0 fully saturated rings. The molecule has 9 nitrogen and oxygen atoms in total. The number of hydrogen-bond donors (Lipinski definition) is 2. The van der Waals surface area contributed by atoms with Gasteiger partial charge in [-0.15, -0.1) is 0 Å². The maximum Gasteiger partial charge on any atom is 0.270 e. The monoisotopic (exact) mass is 475 g/mol. The summed E-state index contributed by atoms with van der Waals surface area (Å²) in [5.74, 6) is 0.273. The fraction of sp³-hybridized carbons (Fsp3) is 0.0833. The van der Waals surface area contributed by atoms with Crippen LogP contribution in [0.5, 0.6) is 0 Å². The van der Waals surface area contributed by atoms with Crippen LogP contribution in [-0.2, 0) is 10.0 Å². The second-order valence-electron chi connectivity index (χ2n) is 7.48. The van der Waals surface area contributed by atoms with Crippen molar-refractivity contribution < 1.29 is 13.3 Å². The van der Waals surface area contributed by atoms with Gasteiger partial charge in [-0.2, -0.15) is 4.98 Å². The fourth-order valence-corrected chi connectivity index (χ4v) is 4.36. The second kappa shape index (κ2) is 9.67. The molecule has 0 amide bonds. The van der Waals surface area contributed by atoms with Gasteiger partial charge in [-0.05, 0) is 35.7 Å². The van der Waals surface area contributed by atoms with Crippen LogP contribution in [0.1, 0.15) is 18.5 Å². The molecule has 1 aromatic heterocycles. The smallest absolute Gasteiger partial charge is 0.270 e. The molecule has 1 heterocycles. The molecule has 172 valence electrons. The molecule has 4 aromatic rings. The SMILES string of the molecule is C[C@H](Nc1nccc(NS(=O)(=O)c2cccc([N+](=O)[O-])c2)n1)c1ccc(-c2ccccc2)cc1. The number of nitro groups is 1. The zero-order valence-corrected chi connectivity index (χ0v) is 18.9. The molecule has 0 unspecified atom stereocenters. The Balaban J connectivity index is 1.47. The van der Waals surface area contributed by atoms with Crippen molar-refractivity contribution in [2.24, 2.45) is 0 Å². The van der Waals surface area contributed by atoms with Gasteiger partial charge in [0.15, 0.2) is 0 Å². The first-order valence-corrected chi connectivity index (χ1v) is 11.8.